The maximum atomic E-state index is 10.7. The Bertz CT molecular complexity index is 723. The van der Waals surface area contributed by atoms with Crippen LogP contribution in [0, 0.1) is 10.1 Å². The van der Waals surface area contributed by atoms with E-state index in [1.807, 2.05) is 0 Å². The second-order valence-electron chi connectivity index (χ2n) is 3.84. The maximum Gasteiger partial charge on any atom is 0.271 e. The maximum absolute atomic E-state index is 10.7. The normalized spacial score (nSPS) is 11.6. The number of non-ortho nitro benzene ring substituents is 1. The van der Waals surface area contributed by atoms with Crippen molar-refractivity contribution in [2.75, 3.05) is 17.6 Å². The molecule has 0 saturated heterocycles. The molecule has 0 unspecified atom stereocenters. The Kier molecular flexibility index (Phi) is 3.36. The molecule has 0 aliphatic heterocycles. The van der Waals surface area contributed by atoms with Crippen LogP contribution in [0.3, 0.4) is 0 Å². The number of nitro groups is 1. The molecule has 0 saturated carbocycles. The van der Waals surface area contributed by atoms with Gasteiger partial charge in [-0.15, -0.1) is 0 Å². The lowest BCUT2D eigenvalue weighted by Gasteiger charge is -1.99. The Balaban J connectivity index is 2.15. The van der Waals surface area contributed by atoms with Crippen molar-refractivity contribution in [3.05, 3.63) is 28.3 Å². The molecular weight excluding hydrogens is 274 g/mol. The zero-order valence-electron chi connectivity index (χ0n) is 9.66. The van der Waals surface area contributed by atoms with Gasteiger partial charge in [-0.25, -0.2) is 18.5 Å². The SMILES string of the molecule is NS(=O)(=O)CCNc1nc2ccc([N+](=O)[O-])cc2[nH]1. The minimum absolute atomic E-state index is 0.0489. The van der Waals surface area contributed by atoms with E-state index in [4.69, 9.17) is 5.14 Å². The fourth-order valence-corrected chi connectivity index (χ4v) is 1.89. The molecule has 2 rings (SSSR count). The summed E-state index contributed by atoms with van der Waals surface area (Å²) < 4.78 is 21.5. The van der Waals surface area contributed by atoms with Gasteiger partial charge in [-0.3, -0.25) is 10.1 Å². The fraction of sp³-hybridized carbons (Fsp3) is 0.222. The number of H-pyrrole nitrogens is 1. The average molecular weight is 285 g/mol. The van der Waals surface area contributed by atoms with Crippen molar-refractivity contribution >= 4 is 32.7 Å². The van der Waals surface area contributed by atoms with Crippen LogP contribution in [0.25, 0.3) is 11.0 Å². The van der Waals surface area contributed by atoms with E-state index in [0.29, 0.717) is 17.0 Å². The van der Waals surface area contributed by atoms with Crippen LogP contribution in [0.2, 0.25) is 0 Å². The van der Waals surface area contributed by atoms with E-state index in [1.165, 1.54) is 18.2 Å². The largest absolute Gasteiger partial charge is 0.355 e. The Labute approximate surface area is 108 Å². The minimum atomic E-state index is -3.54. The lowest BCUT2D eigenvalue weighted by Crippen LogP contribution is -2.22. The first-order chi connectivity index (χ1) is 8.85. The van der Waals surface area contributed by atoms with Crippen LogP contribution >= 0.6 is 0 Å². The van der Waals surface area contributed by atoms with Crippen LogP contribution in [-0.4, -0.2) is 35.6 Å². The lowest BCUT2D eigenvalue weighted by molar-refractivity contribution is -0.384. The number of hydrogen-bond donors (Lipinski definition) is 3. The summed E-state index contributed by atoms with van der Waals surface area (Å²) in [6.45, 7) is 0.0980. The summed E-state index contributed by atoms with van der Waals surface area (Å²) in [5, 5.41) is 18.2. The van der Waals surface area contributed by atoms with Crippen molar-refractivity contribution in [2.45, 2.75) is 0 Å². The second-order valence-corrected chi connectivity index (χ2v) is 5.57. The Morgan fingerprint density at radius 1 is 1.47 bits per heavy atom. The van der Waals surface area contributed by atoms with E-state index in [0.717, 1.165) is 0 Å². The Morgan fingerprint density at radius 2 is 2.21 bits per heavy atom. The molecule has 0 bridgehead atoms. The van der Waals surface area contributed by atoms with E-state index in [1.54, 1.807) is 0 Å². The molecule has 1 heterocycles. The molecule has 102 valence electrons. The van der Waals surface area contributed by atoms with Crippen molar-refractivity contribution in [1.29, 1.82) is 0 Å². The molecular formula is C9H11N5O4S. The Hall–Kier alpha value is -2.20. The van der Waals surface area contributed by atoms with Crippen LogP contribution < -0.4 is 10.5 Å². The van der Waals surface area contributed by atoms with E-state index in [-0.39, 0.29) is 18.0 Å². The standard InChI is InChI=1S/C9H11N5O4S/c10-19(17,18)4-3-11-9-12-7-2-1-6(14(15)16)5-8(7)13-9/h1-2,5H,3-4H2,(H2,10,17,18)(H2,11,12,13). The predicted octanol–water partition coefficient (Wildman–Crippen LogP) is 0.171. The summed E-state index contributed by atoms with van der Waals surface area (Å²) >= 11 is 0. The van der Waals surface area contributed by atoms with Gasteiger partial charge in [-0.2, -0.15) is 0 Å². The van der Waals surface area contributed by atoms with Gasteiger partial charge in [0.15, 0.2) is 0 Å². The van der Waals surface area contributed by atoms with Crippen molar-refractivity contribution < 1.29 is 13.3 Å². The molecule has 4 N–H and O–H groups in total. The molecule has 0 fully saturated rings. The van der Waals surface area contributed by atoms with Gasteiger partial charge in [-0.1, -0.05) is 0 Å². The zero-order chi connectivity index (χ0) is 14.0. The topological polar surface area (TPSA) is 144 Å². The first-order valence-corrected chi connectivity index (χ1v) is 6.95. The summed E-state index contributed by atoms with van der Waals surface area (Å²) in [6, 6.07) is 4.21. The molecule has 0 radical (unpaired) electrons. The number of anilines is 1. The summed E-state index contributed by atoms with van der Waals surface area (Å²) in [5.41, 5.74) is 0.989. The number of nitro benzene ring substituents is 1. The average Bonchev–Trinajstić information content (AvgIpc) is 2.68. The fourth-order valence-electron chi connectivity index (χ4n) is 1.51. The van der Waals surface area contributed by atoms with E-state index in [2.05, 4.69) is 15.3 Å². The number of nitrogens with zero attached hydrogens (tertiary/aromatic N) is 2. The monoisotopic (exact) mass is 285 g/mol. The second kappa shape index (κ2) is 4.82. The number of primary sulfonamides is 1. The van der Waals surface area contributed by atoms with Crippen molar-refractivity contribution in [2.24, 2.45) is 5.14 Å². The van der Waals surface area contributed by atoms with Crippen LogP contribution in [-0.2, 0) is 10.0 Å². The van der Waals surface area contributed by atoms with Crippen LogP contribution in [0.5, 0.6) is 0 Å². The number of nitrogens with one attached hydrogen (secondary N) is 2. The smallest absolute Gasteiger partial charge is 0.271 e. The van der Waals surface area contributed by atoms with Crippen molar-refractivity contribution in [3.63, 3.8) is 0 Å². The number of aromatic nitrogens is 2. The number of hydrogen-bond acceptors (Lipinski definition) is 6. The third kappa shape index (κ3) is 3.39. The van der Waals surface area contributed by atoms with Crippen LogP contribution in [0.15, 0.2) is 18.2 Å². The van der Waals surface area contributed by atoms with Crippen LogP contribution in [0.1, 0.15) is 0 Å². The molecule has 19 heavy (non-hydrogen) atoms. The molecule has 0 amide bonds. The minimum Gasteiger partial charge on any atom is -0.355 e. The molecule has 0 spiro atoms. The number of rotatable bonds is 5. The number of imidazole rings is 1. The molecule has 0 aliphatic carbocycles. The quantitative estimate of drug-likeness (QED) is 0.527. The van der Waals surface area contributed by atoms with Gasteiger partial charge in [0, 0.05) is 18.7 Å². The predicted molar refractivity (Wildman–Crippen MR) is 69.2 cm³/mol. The van der Waals surface area contributed by atoms with Gasteiger partial charge in [0.05, 0.1) is 21.7 Å². The van der Waals surface area contributed by atoms with Crippen molar-refractivity contribution in [1.82, 2.24) is 9.97 Å². The first kappa shape index (κ1) is 13.2. The molecule has 0 aliphatic rings. The number of fused-ring (bicyclic) bond motifs is 1. The molecule has 0 atom stereocenters. The van der Waals surface area contributed by atoms with E-state index >= 15 is 0 Å². The third-order valence-electron chi connectivity index (χ3n) is 2.36. The van der Waals surface area contributed by atoms with Crippen LogP contribution in [0.4, 0.5) is 11.6 Å². The highest BCUT2D eigenvalue weighted by molar-refractivity contribution is 7.89. The van der Waals surface area contributed by atoms with Crippen molar-refractivity contribution in [3.8, 4) is 0 Å². The summed E-state index contributed by atoms with van der Waals surface area (Å²) in [6.07, 6.45) is 0. The highest BCUT2D eigenvalue weighted by atomic mass is 32.2. The number of aromatic amines is 1. The lowest BCUT2D eigenvalue weighted by atomic mass is 10.3. The number of nitrogens with two attached hydrogens (primary N) is 1. The third-order valence-corrected chi connectivity index (χ3v) is 3.13. The van der Waals surface area contributed by atoms with Gasteiger partial charge >= 0.3 is 0 Å². The van der Waals surface area contributed by atoms with E-state index in [9.17, 15) is 18.5 Å². The van der Waals surface area contributed by atoms with E-state index < -0.39 is 14.9 Å². The molecule has 10 heteroatoms. The van der Waals surface area contributed by atoms with Gasteiger partial charge in [-0.05, 0) is 6.07 Å². The Morgan fingerprint density at radius 3 is 2.84 bits per heavy atom. The number of sulfonamides is 1. The molecule has 9 nitrogen and oxygen atoms in total. The summed E-state index contributed by atoms with van der Waals surface area (Å²) in [7, 11) is -3.54. The number of benzene rings is 1. The van der Waals surface area contributed by atoms with Gasteiger partial charge < -0.3 is 10.3 Å². The van der Waals surface area contributed by atoms with Gasteiger partial charge in [0.25, 0.3) is 5.69 Å². The molecule has 1 aromatic heterocycles. The highest BCUT2D eigenvalue weighted by Crippen LogP contribution is 2.20. The highest BCUT2D eigenvalue weighted by Gasteiger charge is 2.09. The van der Waals surface area contributed by atoms with Gasteiger partial charge in [0.1, 0.15) is 0 Å². The van der Waals surface area contributed by atoms with Gasteiger partial charge in [0.2, 0.25) is 16.0 Å². The first-order valence-electron chi connectivity index (χ1n) is 5.24. The summed E-state index contributed by atoms with van der Waals surface area (Å²) in [5.74, 6) is 0.101. The molecule has 2 aromatic rings. The summed E-state index contributed by atoms with van der Waals surface area (Å²) in [4.78, 5) is 17.0. The molecule has 1 aromatic carbocycles. The zero-order valence-corrected chi connectivity index (χ0v) is 10.5.